The van der Waals surface area contributed by atoms with Gasteiger partial charge in [0.05, 0.1) is 18.0 Å². The first kappa shape index (κ1) is 13.7. The van der Waals surface area contributed by atoms with Crippen LogP contribution in [0.1, 0.15) is 34.7 Å². The molecule has 0 saturated heterocycles. The maximum Gasteiger partial charge on any atom is 0.287 e. The molecule has 2 rings (SSSR count). The van der Waals surface area contributed by atoms with Crippen LogP contribution in [-0.4, -0.2) is 17.3 Å². The van der Waals surface area contributed by atoms with E-state index in [-0.39, 0.29) is 5.91 Å². The smallest absolute Gasteiger partial charge is 0.287 e. The van der Waals surface area contributed by atoms with Gasteiger partial charge in [-0.15, -0.1) is 0 Å². The molecular formula is C13H16N2O3S. The van der Waals surface area contributed by atoms with E-state index in [0.29, 0.717) is 18.1 Å². The number of hydrogen-bond donors (Lipinski definition) is 1. The number of carbonyl (C=O) groups excluding carboxylic acids is 1. The SMILES string of the molecule is CCc1cc(CNC(=O)c2ccc(CSC)o2)on1. The Morgan fingerprint density at radius 3 is 2.95 bits per heavy atom. The highest BCUT2D eigenvalue weighted by atomic mass is 32.2. The molecule has 2 aromatic heterocycles. The molecule has 1 amide bonds. The van der Waals surface area contributed by atoms with Gasteiger partial charge in [0.25, 0.3) is 5.91 Å². The van der Waals surface area contributed by atoms with Gasteiger partial charge in [-0.05, 0) is 24.8 Å². The summed E-state index contributed by atoms with van der Waals surface area (Å²) in [6.07, 6.45) is 2.80. The standard InChI is InChI=1S/C13H16N2O3S/c1-3-9-6-11(18-15-9)7-14-13(16)12-5-4-10(17-12)8-19-2/h4-6H,3,7-8H2,1-2H3,(H,14,16). The van der Waals surface area contributed by atoms with Gasteiger partial charge in [-0.25, -0.2) is 0 Å². The molecule has 0 saturated carbocycles. The molecule has 0 spiro atoms. The molecule has 1 N–H and O–H groups in total. The van der Waals surface area contributed by atoms with Crippen LogP contribution in [0.25, 0.3) is 0 Å². The summed E-state index contributed by atoms with van der Waals surface area (Å²) < 4.78 is 10.5. The van der Waals surface area contributed by atoms with E-state index >= 15 is 0 Å². The summed E-state index contributed by atoms with van der Waals surface area (Å²) >= 11 is 1.65. The number of hydrogen-bond acceptors (Lipinski definition) is 5. The molecule has 0 radical (unpaired) electrons. The predicted molar refractivity (Wildman–Crippen MR) is 73.0 cm³/mol. The third-order valence-corrected chi connectivity index (χ3v) is 3.14. The van der Waals surface area contributed by atoms with Crippen LogP contribution in [0.3, 0.4) is 0 Å². The number of aryl methyl sites for hydroxylation is 1. The summed E-state index contributed by atoms with van der Waals surface area (Å²) in [6.45, 7) is 2.31. The number of aromatic nitrogens is 1. The molecule has 2 aromatic rings. The summed E-state index contributed by atoms with van der Waals surface area (Å²) in [7, 11) is 0. The van der Waals surface area contributed by atoms with Crippen LogP contribution in [0, 0.1) is 0 Å². The summed E-state index contributed by atoms with van der Waals surface area (Å²) in [4.78, 5) is 11.8. The normalized spacial score (nSPS) is 10.6. The summed E-state index contributed by atoms with van der Waals surface area (Å²) in [5.41, 5.74) is 0.879. The van der Waals surface area contributed by atoms with Crippen LogP contribution >= 0.6 is 11.8 Å². The molecule has 0 bridgehead atoms. The number of nitrogens with zero attached hydrogens (tertiary/aromatic N) is 1. The molecule has 6 heteroatoms. The van der Waals surface area contributed by atoms with Gasteiger partial charge in [-0.3, -0.25) is 4.79 Å². The molecule has 0 aromatic carbocycles. The van der Waals surface area contributed by atoms with Crippen molar-refractivity contribution in [3.05, 3.63) is 41.2 Å². The Bertz CT molecular complexity index is 548. The van der Waals surface area contributed by atoms with Gasteiger partial charge < -0.3 is 14.3 Å². The predicted octanol–water partition coefficient (Wildman–Crippen LogP) is 2.62. The van der Waals surface area contributed by atoms with E-state index < -0.39 is 0 Å². The van der Waals surface area contributed by atoms with Gasteiger partial charge in [0, 0.05) is 6.07 Å². The topological polar surface area (TPSA) is 68.3 Å². The van der Waals surface area contributed by atoms with Crippen LogP contribution in [0.2, 0.25) is 0 Å². The number of thioether (sulfide) groups is 1. The highest BCUT2D eigenvalue weighted by Gasteiger charge is 2.12. The van der Waals surface area contributed by atoms with Gasteiger partial charge in [-0.1, -0.05) is 12.1 Å². The second kappa shape index (κ2) is 6.47. The first-order valence-electron chi connectivity index (χ1n) is 6.03. The van der Waals surface area contributed by atoms with Crippen LogP contribution in [0.4, 0.5) is 0 Å². The Morgan fingerprint density at radius 1 is 1.42 bits per heavy atom. The Kier molecular flexibility index (Phi) is 4.68. The summed E-state index contributed by atoms with van der Waals surface area (Å²) in [5.74, 6) is 2.27. The van der Waals surface area contributed by atoms with Gasteiger partial charge in [-0.2, -0.15) is 11.8 Å². The Balaban J connectivity index is 1.89. The number of rotatable bonds is 6. The lowest BCUT2D eigenvalue weighted by Crippen LogP contribution is -2.21. The minimum atomic E-state index is -0.248. The van der Waals surface area contributed by atoms with E-state index in [1.807, 2.05) is 25.3 Å². The molecule has 0 aliphatic carbocycles. The van der Waals surface area contributed by atoms with Crippen molar-refractivity contribution in [1.82, 2.24) is 10.5 Å². The van der Waals surface area contributed by atoms with Gasteiger partial charge in [0.1, 0.15) is 5.76 Å². The zero-order valence-electron chi connectivity index (χ0n) is 10.9. The molecule has 0 unspecified atom stereocenters. The van der Waals surface area contributed by atoms with Crippen LogP contribution < -0.4 is 5.32 Å². The molecule has 0 aliphatic rings. The molecular weight excluding hydrogens is 264 g/mol. The fourth-order valence-electron chi connectivity index (χ4n) is 1.58. The van der Waals surface area contributed by atoms with Crippen molar-refractivity contribution in [3.8, 4) is 0 Å². The zero-order valence-corrected chi connectivity index (χ0v) is 11.8. The van der Waals surface area contributed by atoms with Crippen LogP contribution in [0.5, 0.6) is 0 Å². The molecule has 0 atom stereocenters. The summed E-state index contributed by atoms with van der Waals surface area (Å²) in [5, 5.41) is 6.60. The molecule has 19 heavy (non-hydrogen) atoms. The molecule has 5 nitrogen and oxygen atoms in total. The fourth-order valence-corrected chi connectivity index (χ4v) is 2.02. The fraction of sp³-hybridized carbons (Fsp3) is 0.385. The zero-order chi connectivity index (χ0) is 13.7. The second-order valence-corrected chi connectivity index (χ2v) is 4.89. The maximum atomic E-state index is 11.8. The lowest BCUT2D eigenvalue weighted by Gasteiger charge is -1.99. The monoisotopic (exact) mass is 280 g/mol. The Morgan fingerprint density at radius 2 is 2.26 bits per heavy atom. The quantitative estimate of drug-likeness (QED) is 0.881. The number of carbonyl (C=O) groups is 1. The average molecular weight is 280 g/mol. The molecule has 0 fully saturated rings. The lowest BCUT2D eigenvalue weighted by atomic mass is 10.3. The van der Waals surface area contributed by atoms with E-state index in [0.717, 1.165) is 23.6 Å². The largest absolute Gasteiger partial charge is 0.455 e. The van der Waals surface area contributed by atoms with E-state index in [4.69, 9.17) is 8.94 Å². The first-order valence-corrected chi connectivity index (χ1v) is 7.42. The van der Waals surface area contributed by atoms with E-state index in [2.05, 4.69) is 10.5 Å². The molecule has 0 aliphatic heterocycles. The highest BCUT2D eigenvalue weighted by molar-refractivity contribution is 7.97. The van der Waals surface area contributed by atoms with Crippen molar-refractivity contribution in [2.45, 2.75) is 25.6 Å². The van der Waals surface area contributed by atoms with E-state index in [1.165, 1.54) is 0 Å². The van der Waals surface area contributed by atoms with Crippen LogP contribution in [-0.2, 0) is 18.7 Å². The average Bonchev–Trinajstić information content (AvgIpc) is 3.05. The number of furan rings is 1. The van der Waals surface area contributed by atoms with Crippen molar-refractivity contribution in [2.75, 3.05) is 6.26 Å². The first-order chi connectivity index (χ1) is 9.22. The minimum Gasteiger partial charge on any atom is -0.455 e. The van der Waals surface area contributed by atoms with Crippen molar-refractivity contribution in [2.24, 2.45) is 0 Å². The molecule has 2 heterocycles. The maximum absolute atomic E-state index is 11.8. The molecule has 102 valence electrons. The highest BCUT2D eigenvalue weighted by Crippen LogP contribution is 2.13. The summed E-state index contributed by atoms with van der Waals surface area (Å²) in [6, 6.07) is 5.33. The Labute approximate surface area is 115 Å². The van der Waals surface area contributed by atoms with E-state index in [9.17, 15) is 4.79 Å². The van der Waals surface area contributed by atoms with Crippen molar-refractivity contribution in [1.29, 1.82) is 0 Å². The van der Waals surface area contributed by atoms with Crippen LogP contribution in [0.15, 0.2) is 27.1 Å². The van der Waals surface area contributed by atoms with Crippen molar-refractivity contribution in [3.63, 3.8) is 0 Å². The second-order valence-electron chi connectivity index (χ2n) is 4.02. The van der Waals surface area contributed by atoms with Gasteiger partial charge in [0.15, 0.2) is 11.5 Å². The van der Waals surface area contributed by atoms with Crippen molar-refractivity contribution < 1.29 is 13.7 Å². The van der Waals surface area contributed by atoms with Crippen molar-refractivity contribution >= 4 is 17.7 Å². The minimum absolute atomic E-state index is 0.248. The number of nitrogens with one attached hydrogen (secondary N) is 1. The van der Waals surface area contributed by atoms with E-state index in [1.54, 1.807) is 17.8 Å². The number of amides is 1. The van der Waals surface area contributed by atoms with Gasteiger partial charge >= 0.3 is 0 Å². The lowest BCUT2D eigenvalue weighted by molar-refractivity contribution is 0.0918. The van der Waals surface area contributed by atoms with Gasteiger partial charge in [0.2, 0.25) is 0 Å². The Hall–Kier alpha value is -1.69. The third kappa shape index (κ3) is 3.64. The third-order valence-electron chi connectivity index (χ3n) is 2.57.